The van der Waals surface area contributed by atoms with Crippen molar-refractivity contribution in [2.45, 2.75) is 13.8 Å². The molecule has 0 spiro atoms. The molecule has 2 nitrogen and oxygen atoms in total. The first-order valence-electron chi connectivity index (χ1n) is 4.37. The lowest BCUT2D eigenvalue weighted by molar-refractivity contribution is 0.224. The molecule has 0 aliphatic rings. The van der Waals surface area contributed by atoms with Crippen LogP contribution in [-0.2, 0) is 9.47 Å². The summed E-state index contributed by atoms with van der Waals surface area (Å²) < 4.78 is 10.2. The molecule has 0 rings (SSSR count). The summed E-state index contributed by atoms with van der Waals surface area (Å²) in [6.07, 6.45) is 3.99. The lowest BCUT2D eigenvalue weighted by Gasteiger charge is -2.08. The monoisotopic (exact) mass is 188 g/mol. The molecule has 72 valence electrons. The summed E-state index contributed by atoms with van der Waals surface area (Å²) in [5.41, 5.74) is 2.30. The van der Waals surface area contributed by atoms with E-state index in [2.05, 4.69) is 25.6 Å². The molecule has 0 radical (unpaired) electrons. The van der Waals surface area contributed by atoms with E-state index < -0.39 is 8.80 Å². The minimum Gasteiger partial charge on any atom is -0.388 e. The predicted octanol–water partition coefficient (Wildman–Crippen LogP) is 1.34. The first-order valence-corrected chi connectivity index (χ1v) is 6.66. The highest BCUT2D eigenvalue weighted by atomic mass is 28.3. The Kier molecular flexibility index (Phi) is 7.44. The van der Waals surface area contributed by atoms with E-state index in [4.69, 9.17) is 9.47 Å². The van der Waals surface area contributed by atoms with Crippen molar-refractivity contribution in [2.24, 2.45) is 5.92 Å². The standard InChI is InChI=1S/C9H20O2Si/c1-9(2)5-6-12(7-10-3)8-11-4/h5-6,9,12H,7-8H2,1-4H3. The van der Waals surface area contributed by atoms with E-state index in [0.29, 0.717) is 5.92 Å². The van der Waals surface area contributed by atoms with E-state index in [1.165, 1.54) is 0 Å². The zero-order valence-corrected chi connectivity index (χ0v) is 9.69. The summed E-state index contributed by atoms with van der Waals surface area (Å²) >= 11 is 0. The third-order valence-corrected chi connectivity index (χ3v) is 3.82. The Balaban J connectivity index is 3.76. The zero-order valence-electron chi connectivity index (χ0n) is 8.54. The van der Waals surface area contributed by atoms with Crippen molar-refractivity contribution in [3.63, 3.8) is 0 Å². The Bertz CT molecular complexity index is 118. The van der Waals surface area contributed by atoms with Crippen molar-refractivity contribution in [1.82, 2.24) is 0 Å². The summed E-state index contributed by atoms with van der Waals surface area (Å²) in [5, 5.41) is 0. The molecule has 0 heterocycles. The topological polar surface area (TPSA) is 18.5 Å². The maximum atomic E-state index is 5.12. The van der Waals surface area contributed by atoms with E-state index in [0.717, 1.165) is 12.5 Å². The quantitative estimate of drug-likeness (QED) is 0.586. The highest BCUT2D eigenvalue weighted by Crippen LogP contribution is 1.96. The second-order valence-corrected chi connectivity index (χ2v) is 5.87. The fourth-order valence-corrected chi connectivity index (χ4v) is 2.90. The predicted molar refractivity (Wildman–Crippen MR) is 54.9 cm³/mol. The van der Waals surface area contributed by atoms with Crippen molar-refractivity contribution in [2.75, 3.05) is 26.7 Å². The molecule has 0 N–H and O–H groups in total. The molecule has 0 aromatic heterocycles. The summed E-state index contributed by atoms with van der Waals surface area (Å²) in [6.45, 7) is 4.36. The van der Waals surface area contributed by atoms with Crippen molar-refractivity contribution in [3.8, 4) is 0 Å². The van der Waals surface area contributed by atoms with Crippen LogP contribution in [0.25, 0.3) is 0 Å². The zero-order chi connectivity index (χ0) is 9.40. The highest BCUT2D eigenvalue weighted by molar-refractivity contribution is 6.64. The van der Waals surface area contributed by atoms with Crippen LogP contribution in [0.1, 0.15) is 13.8 Å². The van der Waals surface area contributed by atoms with E-state index >= 15 is 0 Å². The molecule has 0 bridgehead atoms. The van der Waals surface area contributed by atoms with Crippen LogP contribution in [0, 0.1) is 5.92 Å². The van der Waals surface area contributed by atoms with Crippen molar-refractivity contribution >= 4 is 8.80 Å². The average Bonchev–Trinajstić information content (AvgIpc) is 2.01. The summed E-state index contributed by atoms with van der Waals surface area (Å²) in [4.78, 5) is 0. The molecule has 0 aliphatic carbocycles. The molecule has 0 fully saturated rings. The van der Waals surface area contributed by atoms with E-state index in [9.17, 15) is 0 Å². The molecule has 0 unspecified atom stereocenters. The Morgan fingerprint density at radius 2 is 1.67 bits per heavy atom. The minimum absolute atomic E-state index is 0.633. The summed E-state index contributed by atoms with van der Waals surface area (Å²) in [6, 6.07) is 0. The lowest BCUT2D eigenvalue weighted by atomic mass is 10.2. The van der Waals surface area contributed by atoms with Crippen LogP contribution in [0.3, 0.4) is 0 Å². The van der Waals surface area contributed by atoms with Gasteiger partial charge in [0.1, 0.15) is 8.80 Å². The molecular formula is C9H20O2Si. The van der Waals surface area contributed by atoms with Crippen LogP contribution in [0.15, 0.2) is 11.8 Å². The first-order chi connectivity index (χ1) is 5.70. The molecule has 0 amide bonds. The van der Waals surface area contributed by atoms with Gasteiger partial charge in [0.25, 0.3) is 0 Å². The normalized spacial score (nSPS) is 12.2. The SMILES string of the molecule is COC[SiH](C=CC(C)C)COC. The molecule has 0 saturated carbocycles. The third-order valence-electron chi connectivity index (χ3n) is 1.53. The van der Waals surface area contributed by atoms with Gasteiger partial charge in [-0.2, -0.15) is 0 Å². The maximum Gasteiger partial charge on any atom is 0.120 e. The summed E-state index contributed by atoms with van der Waals surface area (Å²) in [7, 11) is 2.58. The number of hydrogen-bond acceptors (Lipinski definition) is 2. The second-order valence-electron chi connectivity index (χ2n) is 3.30. The van der Waals surface area contributed by atoms with Crippen LogP contribution in [-0.4, -0.2) is 35.5 Å². The van der Waals surface area contributed by atoms with Crippen molar-refractivity contribution in [1.29, 1.82) is 0 Å². The van der Waals surface area contributed by atoms with E-state index in [1.807, 2.05) is 0 Å². The largest absolute Gasteiger partial charge is 0.388 e. The van der Waals surface area contributed by atoms with Crippen molar-refractivity contribution in [3.05, 3.63) is 11.8 Å². The van der Waals surface area contributed by atoms with Gasteiger partial charge in [0, 0.05) is 26.7 Å². The van der Waals surface area contributed by atoms with Gasteiger partial charge in [-0.05, 0) is 5.92 Å². The van der Waals surface area contributed by atoms with Gasteiger partial charge in [0.2, 0.25) is 0 Å². The number of allylic oxidation sites excluding steroid dienone is 1. The number of rotatable bonds is 6. The second kappa shape index (κ2) is 7.52. The minimum atomic E-state index is -0.915. The first kappa shape index (κ1) is 11.9. The Morgan fingerprint density at radius 3 is 2.00 bits per heavy atom. The third kappa shape index (κ3) is 6.58. The van der Waals surface area contributed by atoms with Gasteiger partial charge >= 0.3 is 0 Å². The van der Waals surface area contributed by atoms with E-state index in [-0.39, 0.29) is 0 Å². The van der Waals surface area contributed by atoms with Crippen LogP contribution in [0.2, 0.25) is 0 Å². The summed E-state index contributed by atoms with van der Waals surface area (Å²) in [5.74, 6) is 0.633. The van der Waals surface area contributed by atoms with Gasteiger partial charge in [-0.3, -0.25) is 0 Å². The van der Waals surface area contributed by atoms with Gasteiger partial charge in [0.05, 0.1) is 0 Å². The molecule has 3 heteroatoms. The molecule has 0 aromatic carbocycles. The fraction of sp³-hybridized carbons (Fsp3) is 0.778. The fourth-order valence-electron chi connectivity index (χ4n) is 0.967. The number of ether oxygens (including phenoxy) is 2. The van der Waals surface area contributed by atoms with Gasteiger partial charge in [-0.15, -0.1) is 0 Å². The lowest BCUT2D eigenvalue weighted by Crippen LogP contribution is -2.24. The van der Waals surface area contributed by atoms with Gasteiger partial charge < -0.3 is 9.47 Å². The Morgan fingerprint density at radius 1 is 1.17 bits per heavy atom. The van der Waals surface area contributed by atoms with Crippen molar-refractivity contribution < 1.29 is 9.47 Å². The van der Waals surface area contributed by atoms with E-state index in [1.54, 1.807) is 14.2 Å². The molecule has 0 aliphatic heterocycles. The van der Waals surface area contributed by atoms with Crippen LogP contribution in [0.4, 0.5) is 0 Å². The molecule has 12 heavy (non-hydrogen) atoms. The number of methoxy groups -OCH3 is 2. The van der Waals surface area contributed by atoms with Crippen LogP contribution >= 0.6 is 0 Å². The Labute approximate surface area is 77.2 Å². The smallest absolute Gasteiger partial charge is 0.120 e. The molecule has 0 aromatic rings. The van der Waals surface area contributed by atoms with Crippen LogP contribution < -0.4 is 0 Å². The van der Waals surface area contributed by atoms with Gasteiger partial charge in [-0.1, -0.05) is 25.6 Å². The maximum absolute atomic E-state index is 5.12. The van der Waals surface area contributed by atoms with Gasteiger partial charge in [-0.25, -0.2) is 0 Å². The van der Waals surface area contributed by atoms with Gasteiger partial charge in [0.15, 0.2) is 0 Å². The van der Waals surface area contributed by atoms with Crippen LogP contribution in [0.5, 0.6) is 0 Å². The number of hydrogen-bond donors (Lipinski definition) is 0. The highest BCUT2D eigenvalue weighted by Gasteiger charge is 2.05. The molecular weight excluding hydrogens is 168 g/mol. The molecule has 0 saturated heterocycles. The average molecular weight is 188 g/mol. The molecule has 0 atom stereocenters. The Hall–Kier alpha value is -0.123.